The number of carbonyl (C=O) groups excluding carboxylic acids is 1. The van der Waals surface area contributed by atoms with Gasteiger partial charge in [-0.25, -0.2) is 4.79 Å². The lowest BCUT2D eigenvalue weighted by atomic mass is 10.0. The van der Waals surface area contributed by atoms with Crippen LogP contribution in [-0.4, -0.2) is 36.7 Å². The Morgan fingerprint density at radius 3 is 2.90 bits per heavy atom. The number of carbonyl (C=O) groups is 1. The molecular weight excluding hydrogens is 274 g/mol. The van der Waals surface area contributed by atoms with Crippen molar-refractivity contribution in [3.05, 3.63) is 17.7 Å². The van der Waals surface area contributed by atoms with Crippen molar-refractivity contribution in [3.63, 3.8) is 0 Å². The molecule has 2 amide bonds. The lowest BCUT2D eigenvalue weighted by molar-refractivity contribution is 0.171. The molecule has 21 heavy (non-hydrogen) atoms. The molecule has 1 fully saturated rings. The van der Waals surface area contributed by atoms with Crippen LogP contribution >= 0.6 is 0 Å². The number of amidine groups is 1. The van der Waals surface area contributed by atoms with Crippen molar-refractivity contribution in [1.82, 2.24) is 4.90 Å². The van der Waals surface area contributed by atoms with Crippen molar-refractivity contribution in [2.75, 3.05) is 13.9 Å². The van der Waals surface area contributed by atoms with Crippen LogP contribution in [0.4, 0.5) is 4.79 Å². The third-order valence-electron chi connectivity index (χ3n) is 3.94. The number of aliphatic imine (C=N–C) groups is 1. The van der Waals surface area contributed by atoms with Gasteiger partial charge in [0.1, 0.15) is 11.9 Å². The van der Waals surface area contributed by atoms with E-state index >= 15 is 0 Å². The summed E-state index contributed by atoms with van der Waals surface area (Å²) in [5.74, 6) is 2.07. The zero-order chi connectivity index (χ0) is 14.6. The van der Waals surface area contributed by atoms with Crippen molar-refractivity contribution in [2.24, 2.45) is 10.7 Å². The molecule has 4 rings (SSSR count). The number of fused-ring (bicyclic) bond motifs is 1. The highest BCUT2D eigenvalue weighted by atomic mass is 16.7. The van der Waals surface area contributed by atoms with Crippen molar-refractivity contribution >= 4 is 11.9 Å². The van der Waals surface area contributed by atoms with E-state index in [-0.39, 0.29) is 24.9 Å². The highest BCUT2D eigenvalue weighted by Gasteiger charge is 2.44. The molecule has 0 aromatic heterocycles. The molecule has 0 bridgehead atoms. The van der Waals surface area contributed by atoms with Crippen LogP contribution in [0.1, 0.15) is 24.4 Å². The third-order valence-corrected chi connectivity index (χ3v) is 3.94. The van der Waals surface area contributed by atoms with Gasteiger partial charge in [0, 0.05) is 6.04 Å². The van der Waals surface area contributed by atoms with Gasteiger partial charge in [-0.2, -0.15) is 4.99 Å². The van der Waals surface area contributed by atoms with Gasteiger partial charge in [-0.3, -0.25) is 0 Å². The number of rotatable bonds is 3. The number of amides is 2. The molecule has 7 nitrogen and oxygen atoms in total. The molecule has 1 unspecified atom stereocenters. The topological polar surface area (TPSA) is 86.4 Å². The van der Waals surface area contributed by atoms with Crippen LogP contribution in [-0.2, 0) is 0 Å². The van der Waals surface area contributed by atoms with E-state index in [1.165, 1.54) is 0 Å². The number of benzene rings is 1. The molecule has 3 aliphatic rings. The van der Waals surface area contributed by atoms with Crippen LogP contribution in [0, 0.1) is 0 Å². The Morgan fingerprint density at radius 1 is 1.38 bits per heavy atom. The molecule has 2 aliphatic heterocycles. The zero-order valence-electron chi connectivity index (χ0n) is 11.5. The summed E-state index contributed by atoms with van der Waals surface area (Å²) >= 11 is 0. The fourth-order valence-corrected chi connectivity index (χ4v) is 2.84. The summed E-state index contributed by atoms with van der Waals surface area (Å²) < 4.78 is 16.2. The number of hydrogen-bond donors (Lipinski definition) is 1. The number of hydrogen-bond acceptors (Lipinski definition) is 5. The van der Waals surface area contributed by atoms with Crippen molar-refractivity contribution in [2.45, 2.75) is 24.9 Å². The van der Waals surface area contributed by atoms with Gasteiger partial charge in [0.25, 0.3) is 0 Å². The second kappa shape index (κ2) is 4.28. The average Bonchev–Trinajstić information content (AvgIpc) is 3.10. The van der Waals surface area contributed by atoms with Gasteiger partial charge >= 0.3 is 6.03 Å². The Balaban J connectivity index is 1.78. The molecule has 2 N–H and O–H groups in total. The molecule has 2 heterocycles. The largest absolute Gasteiger partial charge is 0.493 e. The lowest BCUT2D eigenvalue weighted by Gasteiger charge is -2.24. The smallest absolute Gasteiger partial charge is 0.346 e. The molecule has 1 aliphatic carbocycles. The maximum Gasteiger partial charge on any atom is 0.346 e. The van der Waals surface area contributed by atoms with Gasteiger partial charge in [0.2, 0.25) is 12.5 Å². The Morgan fingerprint density at radius 2 is 2.19 bits per heavy atom. The normalized spacial score (nSPS) is 23.5. The van der Waals surface area contributed by atoms with E-state index in [2.05, 4.69) is 4.99 Å². The fraction of sp³-hybridized carbons (Fsp3) is 0.429. The molecule has 0 saturated heterocycles. The van der Waals surface area contributed by atoms with E-state index < -0.39 is 0 Å². The van der Waals surface area contributed by atoms with Gasteiger partial charge in [0.15, 0.2) is 11.5 Å². The predicted octanol–water partition coefficient (Wildman–Crippen LogP) is 1.42. The second-order valence-corrected chi connectivity index (χ2v) is 5.32. The number of nitrogens with zero attached hydrogens (tertiary/aromatic N) is 2. The summed E-state index contributed by atoms with van der Waals surface area (Å²) in [6.45, 7) is 0.161. The number of ether oxygens (including phenoxy) is 3. The molecule has 1 aromatic carbocycles. The van der Waals surface area contributed by atoms with E-state index in [0.29, 0.717) is 23.1 Å². The van der Waals surface area contributed by atoms with Crippen LogP contribution < -0.4 is 19.9 Å². The summed E-state index contributed by atoms with van der Waals surface area (Å²) in [6, 6.07) is 3.27. The fourth-order valence-electron chi connectivity index (χ4n) is 2.84. The van der Waals surface area contributed by atoms with Gasteiger partial charge in [-0.15, -0.1) is 0 Å². The molecule has 0 spiro atoms. The van der Waals surface area contributed by atoms with Gasteiger partial charge in [0.05, 0.1) is 7.11 Å². The number of methoxy groups -OCH3 is 1. The van der Waals surface area contributed by atoms with Crippen LogP contribution in [0.15, 0.2) is 17.1 Å². The lowest BCUT2D eigenvalue weighted by Crippen LogP contribution is -2.35. The van der Waals surface area contributed by atoms with E-state index in [9.17, 15) is 4.79 Å². The van der Waals surface area contributed by atoms with Crippen LogP contribution in [0.25, 0.3) is 0 Å². The first-order valence-corrected chi connectivity index (χ1v) is 6.83. The van der Waals surface area contributed by atoms with Crippen molar-refractivity contribution in [1.29, 1.82) is 0 Å². The van der Waals surface area contributed by atoms with Gasteiger partial charge in [-0.05, 0) is 30.5 Å². The summed E-state index contributed by atoms with van der Waals surface area (Å²) in [7, 11) is 1.57. The maximum absolute atomic E-state index is 12.0. The quantitative estimate of drug-likeness (QED) is 0.909. The van der Waals surface area contributed by atoms with Gasteiger partial charge in [-0.1, -0.05) is 0 Å². The van der Waals surface area contributed by atoms with Crippen LogP contribution in [0.5, 0.6) is 17.2 Å². The molecule has 1 saturated carbocycles. The molecular formula is C14H15N3O4. The average molecular weight is 289 g/mol. The van der Waals surface area contributed by atoms with Gasteiger partial charge < -0.3 is 24.8 Å². The first-order valence-electron chi connectivity index (χ1n) is 6.83. The monoisotopic (exact) mass is 289 g/mol. The minimum absolute atomic E-state index is 0.161. The first kappa shape index (κ1) is 12.3. The molecule has 1 atom stereocenters. The minimum Gasteiger partial charge on any atom is -0.493 e. The van der Waals surface area contributed by atoms with E-state index in [1.54, 1.807) is 12.0 Å². The zero-order valence-corrected chi connectivity index (χ0v) is 11.5. The Bertz CT molecular complexity index is 654. The first-order chi connectivity index (χ1) is 10.2. The second-order valence-electron chi connectivity index (χ2n) is 5.32. The van der Waals surface area contributed by atoms with Crippen LogP contribution in [0.2, 0.25) is 0 Å². The predicted molar refractivity (Wildman–Crippen MR) is 73.7 cm³/mol. The SMILES string of the molecule is COc1cc(C2C(N)=NC(=O)N2C2CC2)cc2c1OCO2. The molecule has 1 aromatic rings. The maximum atomic E-state index is 12.0. The van der Waals surface area contributed by atoms with E-state index in [1.807, 2.05) is 12.1 Å². The summed E-state index contributed by atoms with van der Waals surface area (Å²) in [6.07, 6.45) is 1.99. The third kappa shape index (κ3) is 1.80. The standard InChI is InChI=1S/C14H15N3O4/c1-19-9-4-7(5-10-12(9)21-6-20-10)11-13(15)16-14(18)17(11)8-2-3-8/h4-5,8,11H,2-3,6H2,1H3,(H2,15,16,18). The highest BCUT2D eigenvalue weighted by molar-refractivity contribution is 6.03. The Kier molecular flexibility index (Phi) is 2.51. The summed E-state index contributed by atoms with van der Waals surface area (Å²) in [5, 5.41) is 0. The van der Waals surface area contributed by atoms with Crippen LogP contribution in [0.3, 0.4) is 0 Å². The summed E-state index contributed by atoms with van der Waals surface area (Å²) in [4.78, 5) is 17.7. The molecule has 110 valence electrons. The Hall–Kier alpha value is -2.44. The minimum atomic E-state index is -0.353. The number of urea groups is 1. The molecule has 0 radical (unpaired) electrons. The highest BCUT2D eigenvalue weighted by Crippen LogP contribution is 2.46. The Labute approximate surface area is 121 Å². The van der Waals surface area contributed by atoms with E-state index in [0.717, 1.165) is 18.4 Å². The van der Waals surface area contributed by atoms with E-state index in [4.69, 9.17) is 19.9 Å². The number of nitrogens with two attached hydrogens (primary N) is 1. The molecule has 7 heteroatoms. The van der Waals surface area contributed by atoms with Crippen molar-refractivity contribution < 1.29 is 19.0 Å². The summed E-state index contributed by atoms with van der Waals surface area (Å²) in [5.41, 5.74) is 6.80. The van der Waals surface area contributed by atoms with Crippen molar-refractivity contribution in [3.8, 4) is 17.2 Å².